The van der Waals surface area contributed by atoms with E-state index in [1.165, 1.54) is 0 Å². The van der Waals surface area contributed by atoms with Crippen LogP contribution >= 0.6 is 0 Å². The number of hydrogen-bond donors (Lipinski definition) is 2. The molecule has 4 rings (SSSR count). The molecule has 0 bridgehead atoms. The number of aromatic amines is 1. The zero-order chi connectivity index (χ0) is 13.5. The molecule has 4 aromatic rings. The number of nitrogens with one attached hydrogen (secondary N) is 1. The fourth-order valence-corrected chi connectivity index (χ4v) is 2.37. The zero-order valence-electron chi connectivity index (χ0n) is 11.1. The summed E-state index contributed by atoms with van der Waals surface area (Å²) in [5.41, 5.74) is 3.59. The minimum Gasteiger partial charge on any atom is -0.344 e. The zero-order valence-corrected chi connectivity index (χ0v) is 11.1. The standard InChI is InChI=1S/C15H9N5.H3N/c16-7-10-1-4-15-12(5-10)9-18-20(15)13-2-3-14-11(6-13)8-17-19-14;/h1-6,8-9H,(H,17,19);1H3. The van der Waals surface area contributed by atoms with Gasteiger partial charge in [0, 0.05) is 10.8 Å². The number of aromatic nitrogens is 4. The van der Waals surface area contributed by atoms with E-state index in [0.717, 1.165) is 27.5 Å². The Morgan fingerprint density at radius 1 is 1.05 bits per heavy atom. The lowest BCUT2D eigenvalue weighted by atomic mass is 10.2. The summed E-state index contributed by atoms with van der Waals surface area (Å²) in [4.78, 5) is 0. The highest BCUT2D eigenvalue weighted by Gasteiger charge is 2.06. The highest BCUT2D eigenvalue weighted by atomic mass is 15.3. The third-order valence-corrected chi connectivity index (χ3v) is 3.37. The molecule has 0 spiro atoms. The van der Waals surface area contributed by atoms with E-state index in [1.807, 2.05) is 35.0 Å². The Bertz CT molecular complexity index is 973. The quantitative estimate of drug-likeness (QED) is 0.557. The van der Waals surface area contributed by atoms with E-state index in [1.54, 1.807) is 18.5 Å². The molecule has 0 radical (unpaired) electrons. The summed E-state index contributed by atoms with van der Waals surface area (Å²) >= 11 is 0. The molecule has 2 aromatic carbocycles. The number of H-pyrrole nitrogens is 1. The van der Waals surface area contributed by atoms with Gasteiger partial charge in [0.15, 0.2) is 0 Å². The molecule has 6 heteroatoms. The van der Waals surface area contributed by atoms with Gasteiger partial charge in [-0.05, 0) is 36.4 Å². The van der Waals surface area contributed by atoms with E-state index >= 15 is 0 Å². The highest BCUT2D eigenvalue weighted by molar-refractivity contribution is 5.84. The molecule has 0 atom stereocenters. The second-order valence-electron chi connectivity index (χ2n) is 4.58. The molecule has 2 heterocycles. The predicted molar refractivity (Wildman–Crippen MR) is 80.5 cm³/mol. The Hall–Kier alpha value is -3.17. The summed E-state index contributed by atoms with van der Waals surface area (Å²) < 4.78 is 1.86. The van der Waals surface area contributed by atoms with Crippen molar-refractivity contribution in [2.75, 3.05) is 0 Å². The van der Waals surface area contributed by atoms with Crippen molar-refractivity contribution in [1.29, 1.82) is 5.26 Å². The second-order valence-corrected chi connectivity index (χ2v) is 4.58. The third-order valence-electron chi connectivity index (χ3n) is 3.37. The number of benzene rings is 2. The van der Waals surface area contributed by atoms with Crippen LogP contribution in [0.2, 0.25) is 0 Å². The first-order valence-corrected chi connectivity index (χ1v) is 6.16. The first-order chi connectivity index (χ1) is 9.85. The SMILES string of the molecule is N.N#Cc1ccc2c(cnn2-c2ccc3[nH]ncc3c2)c1. The molecule has 6 nitrogen and oxygen atoms in total. The number of nitriles is 1. The van der Waals surface area contributed by atoms with Crippen LogP contribution in [-0.2, 0) is 0 Å². The van der Waals surface area contributed by atoms with Crippen molar-refractivity contribution < 1.29 is 0 Å². The minimum absolute atomic E-state index is 0. The van der Waals surface area contributed by atoms with Gasteiger partial charge in [-0.3, -0.25) is 5.10 Å². The normalized spacial score (nSPS) is 10.4. The van der Waals surface area contributed by atoms with Crippen molar-refractivity contribution in [3.8, 4) is 11.8 Å². The summed E-state index contributed by atoms with van der Waals surface area (Å²) in [6.07, 6.45) is 3.56. The van der Waals surface area contributed by atoms with Crippen LogP contribution in [0.3, 0.4) is 0 Å². The summed E-state index contributed by atoms with van der Waals surface area (Å²) in [6, 6.07) is 13.7. The van der Waals surface area contributed by atoms with E-state index < -0.39 is 0 Å². The Balaban J connectivity index is 0.00000132. The maximum Gasteiger partial charge on any atom is 0.0991 e. The van der Waals surface area contributed by atoms with Gasteiger partial charge in [-0.15, -0.1) is 0 Å². The molecular formula is C15H12N6. The van der Waals surface area contributed by atoms with Gasteiger partial charge in [0.05, 0.1) is 40.7 Å². The molecule has 2 aromatic heterocycles. The van der Waals surface area contributed by atoms with Crippen molar-refractivity contribution >= 4 is 21.8 Å². The van der Waals surface area contributed by atoms with Gasteiger partial charge >= 0.3 is 0 Å². The smallest absolute Gasteiger partial charge is 0.0991 e. The Labute approximate surface area is 120 Å². The van der Waals surface area contributed by atoms with Crippen molar-refractivity contribution in [2.45, 2.75) is 0 Å². The lowest BCUT2D eigenvalue weighted by Gasteiger charge is -2.03. The molecule has 4 N–H and O–H groups in total. The van der Waals surface area contributed by atoms with Crippen LogP contribution in [-0.4, -0.2) is 20.0 Å². The largest absolute Gasteiger partial charge is 0.344 e. The van der Waals surface area contributed by atoms with Crippen LogP contribution in [0, 0.1) is 11.3 Å². The van der Waals surface area contributed by atoms with Crippen molar-refractivity contribution in [3.63, 3.8) is 0 Å². The lowest BCUT2D eigenvalue weighted by molar-refractivity contribution is 0.912. The van der Waals surface area contributed by atoms with Crippen molar-refractivity contribution in [1.82, 2.24) is 26.1 Å². The van der Waals surface area contributed by atoms with Crippen molar-refractivity contribution in [3.05, 3.63) is 54.4 Å². The summed E-state index contributed by atoms with van der Waals surface area (Å²) in [7, 11) is 0. The molecule has 21 heavy (non-hydrogen) atoms. The minimum atomic E-state index is 0. The maximum atomic E-state index is 8.93. The van der Waals surface area contributed by atoms with Gasteiger partial charge in [-0.2, -0.15) is 15.5 Å². The van der Waals surface area contributed by atoms with Gasteiger partial charge in [0.1, 0.15) is 0 Å². The van der Waals surface area contributed by atoms with Crippen LogP contribution in [0.4, 0.5) is 0 Å². The van der Waals surface area contributed by atoms with Gasteiger partial charge in [-0.25, -0.2) is 4.68 Å². The average Bonchev–Trinajstić information content (AvgIpc) is 3.11. The van der Waals surface area contributed by atoms with E-state index in [4.69, 9.17) is 5.26 Å². The molecule has 0 amide bonds. The molecule has 0 aliphatic carbocycles. The molecule has 0 fully saturated rings. The lowest BCUT2D eigenvalue weighted by Crippen LogP contribution is -1.95. The molecule has 0 saturated heterocycles. The Morgan fingerprint density at radius 3 is 2.81 bits per heavy atom. The topological polar surface area (TPSA) is 105 Å². The first-order valence-electron chi connectivity index (χ1n) is 6.16. The van der Waals surface area contributed by atoms with Crippen LogP contribution in [0.25, 0.3) is 27.5 Å². The van der Waals surface area contributed by atoms with Crippen LogP contribution in [0.1, 0.15) is 5.56 Å². The van der Waals surface area contributed by atoms with Gasteiger partial charge in [-0.1, -0.05) is 0 Å². The molecule has 0 aliphatic rings. The van der Waals surface area contributed by atoms with Gasteiger partial charge in [0.2, 0.25) is 0 Å². The van der Waals surface area contributed by atoms with Crippen LogP contribution in [0.15, 0.2) is 48.8 Å². The molecule has 102 valence electrons. The maximum absolute atomic E-state index is 8.93. The van der Waals surface area contributed by atoms with Crippen molar-refractivity contribution in [2.24, 2.45) is 0 Å². The molecule has 0 saturated carbocycles. The number of hydrogen-bond acceptors (Lipinski definition) is 4. The van der Waals surface area contributed by atoms with E-state index in [0.29, 0.717) is 5.56 Å². The fourth-order valence-electron chi connectivity index (χ4n) is 2.37. The fraction of sp³-hybridized carbons (Fsp3) is 0. The van der Waals surface area contributed by atoms with E-state index in [9.17, 15) is 0 Å². The van der Waals surface area contributed by atoms with Crippen LogP contribution in [0.5, 0.6) is 0 Å². The molecular weight excluding hydrogens is 264 g/mol. The van der Waals surface area contributed by atoms with E-state index in [-0.39, 0.29) is 6.15 Å². The first kappa shape index (κ1) is 12.8. The summed E-state index contributed by atoms with van der Waals surface area (Å²) in [5, 5.41) is 22.3. The molecule has 0 unspecified atom stereocenters. The summed E-state index contributed by atoms with van der Waals surface area (Å²) in [6.45, 7) is 0. The number of rotatable bonds is 1. The van der Waals surface area contributed by atoms with Crippen LogP contribution < -0.4 is 6.15 Å². The molecule has 0 aliphatic heterocycles. The average molecular weight is 276 g/mol. The Kier molecular flexibility index (Phi) is 2.90. The van der Waals surface area contributed by atoms with Gasteiger partial charge < -0.3 is 6.15 Å². The summed E-state index contributed by atoms with van der Waals surface area (Å²) in [5.74, 6) is 0. The monoisotopic (exact) mass is 276 g/mol. The highest BCUT2D eigenvalue weighted by Crippen LogP contribution is 2.22. The van der Waals surface area contributed by atoms with Gasteiger partial charge in [0.25, 0.3) is 0 Å². The third kappa shape index (κ3) is 1.93. The Morgan fingerprint density at radius 2 is 1.95 bits per heavy atom. The second kappa shape index (κ2) is 4.74. The number of nitrogens with zero attached hydrogens (tertiary/aromatic N) is 4. The van der Waals surface area contributed by atoms with E-state index in [2.05, 4.69) is 21.4 Å². The number of fused-ring (bicyclic) bond motifs is 2. The predicted octanol–water partition coefficient (Wildman–Crippen LogP) is 2.94.